The van der Waals surface area contributed by atoms with Crippen molar-refractivity contribution in [1.82, 2.24) is 0 Å². The zero-order valence-corrected chi connectivity index (χ0v) is 18.5. The van der Waals surface area contributed by atoms with Crippen molar-refractivity contribution in [1.29, 1.82) is 0 Å². The van der Waals surface area contributed by atoms with Gasteiger partial charge in [0.05, 0.1) is 18.9 Å². The second-order valence-corrected chi connectivity index (χ2v) is 10.8. The molecule has 1 N–H and O–H groups in total. The number of carboxylic acids is 1. The number of aliphatic carboxylic acids is 1. The summed E-state index contributed by atoms with van der Waals surface area (Å²) in [5.41, 5.74) is -0.184. The Kier molecular flexibility index (Phi) is 3.48. The molecule has 9 heteroatoms. The van der Waals surface area contributed by atoms with Crippen molar-refractivity contribution >= 4 is 17.9 Å². The minimum Gasteiger partial charge on any atom is -0.481 e. The molecular formula is C24H26O9. The van der Waals surface area contributed by atoms with Crippen molar-refractivity contribution in [2.24, 2.45) is 11.3 Å². The summed E-state index contributed by atoms with van der Waals surface area (Å²) in [5.74, 6) is -1.78. The van der Waals surface area contributed by atoms with Gasteiger partial charge in [0.1, 0.15) is 24.4 Å². The predicted octanol–water partition coefficient (Wildman–Crippen LogP) is 1.44. The molecule has 2 saturated carbocycles. The molecule has 7 aliphatic rings. The second-order valence-electron chi connectivity index (χ2n) is 10.8. The molecule has 0 aromatic carbocycles. The predicted molar refractivity (Wildman–Crippen MR) is 108 cm³/mol. The van der Waals surface area contributed by atoms with Crippen LogP contribution in [0.15, 0.2) is 23.3 Å². The fraction of sp³-hybridized carbons (Fsp3) is 0.708. The molecule has 33 heavy (non-hydrogen) atoms. The Balaban J connectivity index is 1.30. The third-order valence-electron chi connectivity index (χ3n) is 9.57. The van der Waals surface area contributed by atoms with Crippen LogP contribution >= 0.6 is 0 Å². The first kappa shape index (κ1) is 20.2. The van der Waals surface area contributed by atoms with E-state index in [0.717, 1.165) is 23.1 Å². The number of carbonyl (C=O) groups is 3. The summed E-state index contributed by atoms with van der Waals surface area (Å²) in [6.45, 7) is 8.50. The van der Waals surface area contributed by atoms with Crippen LogP contribution in [0.25, 0.3) is 0 Å². The van der Waals surface area contributed by atoms with Crippen LogP contribution in [0.5, 0.6) is 0 Å². The lowest BCUT2D eigenvalue weighted by Crippen LogP contribution is -2.69. The normalized spacial score (nSPS) is 51.6. The lowest BCUT2D eigenvalue weighted by molar-refractivity contribution is -0.166. The van der Waals surface area contributed by atoms with Gasteiger partial charge < -0.3 is 28.8 Å². The number of hydrogen-bond donors (Lipinski definition) is 1. The quantitative estimate of drug-likeness (QED) is 0.370. The SMILES string of the molecule is C=C(C)[C@]12O[C@H]1[C@@H]1O[C@]13[C@]1(O[C@H]1CC1C4=C(CC[C@@]13C)C(=O)OC4)[C@@H]2OC(=O)CCC(=O)O. The first-order valence-electron chi connectivity index (χ1n) is 11.6. The topological polar surface area (TPSA) is 127 Å². The Hall–Kier alpha value is -2.23. The molecule has 176 valence electrons. The summed E-state index contributed by atoms with van der Waals surface area (Å²) in [4.78, 5) is 35.9. The van der Waals surface area contributed by atoms with Crippen molar-refractivity contribution in [3.63, 3.8) is 0 Å². The highest BCUT2D eigenvalue weighted by molar-refractivity contribution is 5.92. The maximum Gasteiger partial charge on any atom is 0.334 e. The molecule has 4 aliphatic heterocycles. The van der Waals surface area contributed by atoms with Gasteiger partial charge in [0.25, 0.3) is 0 Å². The number of rotatable bonds is 5. The Morgan fingerprint density at radius 3 is 2.73 bits per heavy atom. The molecule has 9 atom stereocenters. The van der Waals surface area contributed by atoms with E-state index in [1.54, 1.807) is 0 Å². The van der Waals surface area contributed by atoms with Gasteiger partial charge in [0.2, 0.25) is 0 Å². The van der Waals surface area contributed by atoms with Crippen LogP contribution in [-0.2, 0) is 38.1 Å². The monoisotopic (exact) mass is 458 g/mol. The minimum atomic E-state index is -1.06. The van der Waals surface area contributed by atoms with E-state index in [1.165, 1.54) is 0 Å². The largest absolute Gasteiger partial charge is 0.481 e. The van der Waals surface area contributed by atoms with Gasteiger partial charge in [0.15, 0.2) is 17.3 Å². The van der Waals surface area contributed by atoms with Crippen molar-refractivity contribution in [2.75, 3.05) is 6.61 Å². The van der Waals surface area contributed by atoms with Crippen molar-refractivity contribution in [3.8, 4) is 0 Å². The van der Waals surface area contributed by atoms with E-state index in [1.807, 2.05) is 6.92 Å². The molecule has 3 aliphatic carbocycles. The highest BCUT2D eigenvalue weighted by Gasteiger charge is 3.01. The van der Waals surface area contributed by atoms with Gasteiger partial charge in [-0.15, -0.1) is 0 Å². The van der Waals surface area contributed by atoms with Gasteiger partial charge in [-0.2, -0.15) is 0 Å². The fourth-order valence-corrected chi connectivity index (χ4v) is 8.00. The van der Waals surface area contributed by atoms with Gasteiger partial charge in [-0.1, -0.05) is 13.5 Å². The van der Waals surface area contributed by atoms with E-state index < -0.39 is 34.8 Å². The third kappa shape index (κ3) is 2.01. The number of esters is 2. The zero-order valence-electron chi connectivity index (χ0n) is 18.5. The van der Waals surface area contributed by atoms with E-state index in [0.29, 0.717) is 19.4 Å². The van der Waals surface area contributed by atoms with Crippen LogP contribution in [0.3, 0.4) is 0 Å². The molecule has 0 aromatic rings. The molecular weight excluding hydrogens is 432 g/mol. The molecule has 0 radical (unpaired) electrons. The van der Waals surface area contributed by atoms with Gasteiger partial charge >= 0.3 is 17.9 Å². The van der Waals surface area contributed by atoms with Crippen LogP contribution in [0.2, 0.25) is 0 Å². The average molecular weight is 458 g/mol. The number of carbonyl (C=O) groups excluding carboxylic acids is 2. The minimum absolute atomic E-state index is 0.0813. The summed E-state index contributed by atoms with van der Waals surface area (Å²) in [7, 11) is 0. The number of hydrogen-bond acceptors (Lipinski definition) is 8. The van der Waals surface area contributed by atoms with E-state index in [2.05, 4.69) is 13.5 Å². The Bertz CT molecular complexity index is 1090. The summed E-state index contributed by atoms with van der Waals surface area (Å²) >= 11 is 0. The summed E-state index contributed by atoms with van der Waals surface area (Å²) < 4.78 is 30.7. The summed E-state index contributed by atoms with van der Waals surface area (Å²) in [6.07, 6.45) is 0.0414. The van der Waals surface area contributed by atoms with Crippen molar-refractivity contribution < 1.29 is 43.2 Å². The smallest absolute Gasteiger partial charge is 0.334 e. The van der Waals surface area contributed by atoms with Crippen molar-refractivity contribution in [2.45, 2.75) is 87.2 Å². The first-order valence-corrected chi connectivity index (χ1v) is 11.6. The first-order chi connectivity index (χ1) is 15.6. The van der Waals surface area contributed by atoms with Gasteiger partial charge in [-0.3, -0.25) is 9.59 Å². The molecule has 1 unspecified atom stereocenters. The van der Waals surface area contributed by atoms with Gasteiger partial charge in [0, 0.05) is 11.0 Å². The molecule has 0 aromatic heterocycles. The molecule has 2 spiro atoms. The fourth-order valence-electron chi connectivity index (χ4n) is 8.00. The third-order valence-corrected chi connectivity index (χ3v) is 9.57. The second kappa shape index (κ2) is 5.70. The number of fused-ring (bicyclic) bond motifs is 4. The number of epoxide rings is 3. The Morgan fingerprint density at radius 1 is 1.21 bits per heavy atom. The van der Waals surface area contributed by atoms with E-state index in [9.17, 15) is 14.4 Å². The van der Waals surface area contributed by atoms with E-state index >= 15 is 0 Å². The molecule has 0 amide bonds. The van der Waals surface area contributed by atoms with Crippen LogP contribution in [0.1, 0.15) is 46.0 Å². The lowest BCUT2D eigenvalue weighted by atomic mass is 9.47. The maximum atomic E-state index is 12.7. The lowest BCUT2D eigenvalue weighted by Gasteiger charge is -2.53. The maximum absolute atomic E-state index is 12.7. The number of ether oxygens (including phenoxy) is 5. The summed E-state index contributed by atoms with van der Waals surface area (Å²) in [6, 6.07) is 0. The average Bonchev–Trinajstić information content (AvgIpc) is 3.65. The van der Waals surface area contributed by atoms with Crippen LogP contribution in [0.4, 0.5) is 0 Å². The molecule has 9 nitrogen and oxygen atoms in total. The standard InChI is InChI=1S/C24H26O9/c1-10(2)22-17(32-22)18-24(33-18)21(3)7-6-11-12(9-29-19(11)28)13(21)8-14-23(24,31-14)20(22)30-16(27)5-4-15(25)26/h13-14,17-18,20H,1,4-9H2,2-3H3,(H,25,26)/t13?,14-,17-,18-,20+,21-,22-,23+,24+/m0/s1. The van der Waals surface area contributed by atoms with Gasteiger partial charge in [-0.05, 0) is 43.3 Å². The molecule has 4 heterocycles. The van der Waals surface area contributed by atoms with E-state index in [4.69, 9.17) is 28.8 Å². The van der Waals surface area contributed by atoms with Crippen LogP contribution < -0.4 is 0 Å². The van der Waals surface area contributed by atoms with Crippen LogP contribution in [0, 0.1) is 11.3 Å². The summed E-state index contributed by atoms with van der Waals surface area (Å²) in [5, 5.41) is 8.99. The van der Waals surface area contributed by atoms with Crippen LogP contribution in [-0.4, -0.2) is 70.8 Å². The van der Waals surface area contributed by atoms with Gasteiger partial charge in [-0.25, -0.2) is 4.79 Å². The number of carboxylic acid groups (broad SMARTS) is 1. The number of cyclic esters (lactones) is 1. The molecule has 5 fully saturated rings. The Morgan fingerprint density at radius 2 is 2.00 bits per heavy atom. The zero-order chi connectivity index (χ0) is 23.1. The highest BCUT2D eigenvalue weighted by atomic mass is 16.8. The Labute approximate surface area is 190 Å². The highest BCUT2D eigenvalue weighted by Crippen LogP contribution is 2.83. The molecule has 0 bridgehead atoms. The van der Waals surface area contributed by atoms with Crippen molar-refractivity contribution in [3.05, 3.63) is 23.3 Å². The molecule has 7 rings (SSSR count). The van der Waals surface area contributed by atoms with E-state index in [-0.39, 0.29) is 48.5 Å². The molecule has 3 saturated heterocycles.